The Morgan fingerprint density at radius 3 is 2.50 bits per heavy atom. The van der Waals surface area contributed by atoms with Gasteiger partial charge in [0.1, 0.15) is 17.6 Å². The van der Waals surface area contributed by atoms with Gasteiger partial charge in [-0.25, -0.2) is 4.39 Å². The minimum atomic E-state index is -0.754. The second-order valence-corrected chi connectivity index (χ2v) is 6.72. The number of ether oxygens (including phenoxy) is 1. The number of hydrogen-bond acceptors (Lipinski definition) is 3. The lowest BCUT2D eigenvalue weighted by atomic mass is 10.1. The van der Waals surface area contributed by atoms with E-state index in [-0.39, 0.29) is 25.0 Å². The van der Waals surface area contributed by atoms with Crippen LogP contribution in [0.15, 0.2) is 42.5 Å². The molecule has 0 aliphatic carbocycles. The number of nitrogens with one attached hydrogen (secondary N) is 1. The first-order chi connectivity index (χ1) is 13.3. The van der Waals surface area contributed by atoms with Crippen LogP contribution in [-0.4, -0.2) is 35.9 Å². The summed E-state index contributed by atoms with van der Waals surface area (Å²) in [5, 5.41) is 2.70. The van der Waals surface area contributed by atoms with E-state index in [1.807, 2.05) is 26.0 Å². The van der Waals surface area contributed by atoms with Crippen LogP contribution in [-0.2, 0) is 16.1 Å². The molecule has 1 N–H and O–H groups in total. The highest BCUT2D eigenvalue weighted by Gasteiger charge is 2.27. The SMILES string of the molecule is CCNC(=O)[C@@H](C)N(Cc1ccccc1F)C(=O)COc1ccc(C)c(C)c1. The number of aryl methyl sites for hydroxylation is 2. The van der Waals surface area contributed by atoms with E-state index in [4.69, 9.17) is 4.74 Å². The molecule has 6 heteroatoms. The Bertz CT molecular complexity index is 838. The van der Waals surface area contributed by atoms with Gasteiger partial charge in [0.05, 0.1) is 0 Å². The summed E-state index contributed by atoms with van der Waals surface area (Å²) in [5.74, 6) is -0.523. The first-order valence-corrected chi connectivity index (χ1v) is 9.34. The zero-order valence-corrected chi connectivity index (χ0v) is 16.8. The topological polar surface area (TPSA) is 58.6 Å². The molecule has 150 valence electrons. The quantitative estimate of drug-likeness (QED) is 0.757. The summed E-state index contributed by atoms with van der Waals surface area (Å²) in [6, 6.07) is 11.0. The van der Waals surface area contributed by atoms with Gasteiger partial charge in [0.15, 0.2) is 6.61 Å². The van der Waals surface area contributed by atoms with Crippen molar-refractivity contribution in [2.45, 2.75) is 40.3 Å². The van der Waals surface area contributed by atoms with Crippen LogP contribution in [0.4, 0.5) is 4.39 Å². The fourth-order valence-corrected chi connectivity index (χ4v) is 2.75. The van der Waals surface area contributed by atoms with Gasteiger partial charge in [-0.3, -0.25) is 9.59 Å². The van der Waals surface area contributed by atoms with Crippen LogP contribution in [0.5, 0.6) is 5.75 Å². The molecule has 28 heavy (non-hydrogen) atoms. The standard InChI is InChI=1S/C22H27FN2O3/c1-5-24-22(27)17(4)25(13-18-8-6-7-9-20(18)23)21(26)14-28-19-11-10-15(2)16(3)12-19/h6-12,17H,5,13-14H2,1-4H3,(H,24,27)/t17-/m1/s1. The third-order valence-corrected chi connectivity index (χ3v) is 4.66. The van der Waals surface area contributed by atoms with Gasteiger partial charge in [-0.15, -0.1) is 0 Å². The zero-order chi connectivity index (χ0) is 20.7. The number of hydrogen-bond donors (Lipinski definition) is 1. The molecule has 2 aromatic rings. The number of nitrogens with zero attached hydrogens (tertiary/aromatic N) is 1. The summed E-state index contributed by atoms with van der Waals surface area (Å²) in [7, 11) is 0. The van der Waals surface area contributed by atoms with Crippen molar-refractivity contribution in [3.8, 4) is 5.75 Å². The fraction of sp³-hybridized carbons (Fsp3) is 0.364. The largest absolute Gasteiger partial charge is 0.484 e. The molecule has 2 aromatic carbocycles. The van der Waals surface area contributed by atoms with Gasteiger partial charge in [-0.2, -0.15) is 0 Å². The maximum absolute atomic E-state index is 14.1. The van der Waals surface area contributed by atoms with E-state index in [2.05, 4.69) is 5.32 Å². The lowest BCUT2D eigenvalue weighted by molar-refractivity contribution is -0.142. The summed E-state index contributed by atoms with van der Waals surface area (Å²) in [6.45, 7) is 7.58. The van der Waals surface area contributed by atoms with Gasteiger partial charge in [0.25, 0.3) is 5.91 Å². The van der Waals surface area contributed by atoms with Crippen molar-refractivity contribution in [3.63, 3.8) is 0 Å². The minimum Gasteiger partial charge on any atom is -0.484 e. The van der Waals surface area contributed by atoms with Crippen molar-refractivity contribution in [2.24, 2.45) is 0 Å². The van der Waals surface area contributed by atoms with E-state index in [0.717, 1.165) is 11.1 Å². The van der Waals surface area contributed by atoms with E-state index >= 15 is 0 Å². The zero-order valence-electron chi connectivity index (χ0n) is 16.8. The number of halogens is 1. The highest BCUT2D eigenvalue weighted by molar-refractivity contribution is 5.87. The van der Waals surface area contributed by atoms with E-state index in [1.165, 1.54) is 11.0 Å². The van der Waals surface area contributed by atoms with Crippen LogP contribution in [0, 0.1) is 19.7 Å². The van der Waals surface area contributed by atoms with Gasteiger partial charge >= 0.3 is 0 Å². The molecule has 2 rings (SSSR count). The second-order valence-electron chi connectivity index (χ2n) is 6.72. The molecular formula is C22H27FN2O3. The van der Waals surface area contributed by atoms with Crippen LogP contribution >= 0.6 is 0 Å². The van der Waals surface area contributed by atoms with E-state index in [0.29, 0.717) is 17.9 Å². The highest BCUT2D eigenvalue weighted by atomic mass is 19.1. The monoisotopic (exact) mass is 386 g/mol. The Hall–Kier alpha value is -2.89. The van der Waals surface area contributed by atoms with Crippen LogP contribution in [0.25, 0.3) is 0 Å². The Balaban J connectivity index is 2.16. The molecule has 0 aromatic heterocycles. The molecule has 2 amide bonds. The van der Waals surface area contributed by atoms with Crippen molar-refractivity contribution in [1.29, 1.82) is 0 Å². The molecule has 0 bridgehead atoms. The average Bonchev–Trinajstić information content (AvgIpc) is 2.67. The van der Waals surface area contributed by atoms with Gasteiger partial charge in [-0.1, -0.05) is 24.3 Å². The van der Waals surface area contributed by atoms with Crippen LogP contribution in [0.1, 0.15) is 30.5 Å². The molecule has 1 atom stereocenters. The Morgan fingerprint density at radius 2 is 1.86 bits per heavy atom. The van der Waals surface area contributed by atoms with Crippen molar-refractivity contribution in [1.82, 2.24) is 10.2 Å². The van der Waals surface area contributed by atoms with Gasteiger partial charge < -0.3 is 15.0 Å². The van der Waals surface area contributed by atoms with Crippen molar-refractivity contribution < 1.29 is 18.7 Å². The van der Waals surface area contributed by atoms with E-state index in [9.17, 15) is 14.0 Å². The summed E-state index contributed by atoms with van der Waals surface area (Å²) in [4.78, 5) is 26.5. The molecule has 0 unspecified atom stereocenters. The lowest BCUT2D eigenvalue weighted by Crippen LogP contribution is -2.49. The molecule has 0 fully saturated rings. The number of likely N-dealkylation sites (N-methyl/N-ethyl adjacent to an activating group) is 1. The summed E-state index contributed by atoms with van der Waals surface area (Å²) in [6.07, 6.45) is 0. The number of carbonyl (C=O) groups is 2. The van der Waals surface area contributed by atoms with E-state index < -0.39 is 11.9 Å². The predicted octanol–water partition coefficient (Wildman–Crippen LogP) is 3.37. The minimum absolute atomic E-state index is 0.0138. The van der Waals surface area contributed by atoms with Crippen molar-refractivity contribution in [3.05, 3.63) is 65.0 Å². The van der Waals surface area contributed by atoms with Gasteiger partial charge in [0.2, 0.25) is 5.91 Å². The summed E-state index contributed by atoms with van der Waals surface area (Å²) < 4.78 is 19.7. The van der Waals surface area contributed by atoms with Crippen LogP contribution < -0.4 is 10.1 Å². The molecule has 0 aliphatic rings. The van der Waals surface area contributed by atoms with Crippen LogP contribution in [0.3, 0.4) is 0 Å². The van der Waals surface area contributed by atoms with Crippen LogP contribution in [0.2, 0.25) is 0 Å². The predicted molar refractivity (Wildman–Crippen MR) is 107 cm³/mol. The van der Waals surface area contributed by atoms with E-state index in [1.54, 1.807) is 38.1 Å². The molecule has 0 spiro atoms. The lowest BCUT2D eigenvalue weighted by Gasteiger charge is -2.28. The maximum Gasteiger partial charge on any atom is 0.261 e. The molecule has 0 saturated heterocycles. The maximum atomic E-state index is 14.1. The average molecular weight is 386 g/mol. The summed E-state index contributed by atoms with van der Waals surface area (Å²) >= 11 is 0. The van der Waals surface area contributed by atoms with Gasteiger partial charge in [-0.05, 0) is 57.0 Å². The highest BCUT2D eigenvalue weighted by Crippen LogP contribution is 2.17. The molecular weight excluding hydrogens is 359 g/mol. The molecule has 0 aliphatic heterocycles. The molecule has 0 saturated carbocycles. The molecule has 5 nitrogen and oxygen atoms in total. The number of amides is 2. The van der Waals surface area contributed by atoms with Gasteiger partial charge in [0, 0.05) is 18.7 Å². The second kappa shape index (κ2) is 9.88. The number of rotatable bonds is 8. The first kappa shape index (κ1) is 21.4. The Labute approximate surface area is 165 Å². The fourth-order valence-electron chi connectivity index (χ4n) is 2.75. The smallest absolute Gasteiger partial charge is 0.261 e. The normalized spacial score (nSPS) is 11.6. The van der Waals surface area contributed by atoms with Crippen molar-refractivity contribution >= 4 is 11.8 Å². The Morgan fingerprint density at radius 1 is 1.14 bits per heavy atom. The number of carbonyl (C=O) groups excluding carboxylic acids is 2. The molecule has 0 radical (unpaired) electrons. The number of benzene rings is 2. The summed E-state index contributed by atoms with van der Waals surface area (Å²) in [5.41, 5.74) is 2.53. The third kappa shape index (κ3) is 5.55. The molecule has 0 heterocycles. The first-order valence-electron chi connectivity index (χ1n) is 9.34. The Kier molecular flexibility index (Phi) is 7.55. The van der Waals surface area contributed by atoms with Crippen molar-refractivity contribution in [2.75, 3.05) is 13.2 Å². The third-order valence-electron chi connectivity index (χ3n) is 4.66.